The summed E-state index contributed by atoms with van der Waals surface area (Å²) in [4.78, 5) is 16.5. The van der Waals surface area contributed by atoms with Crippen LogP contribution in [0.4, 0.5) is 5.00 Å². The van der Waals surface area contributed by atoms with Gasteiger partial charge in [-0.05, 0) is 43.5 Å². The molecule has 6 heteroatoms. The molecular weight excluding hydrogens is 342 g/mol. The molecule has 1 atom stereocenters. The Balaban J connectivity index is 1.66. The summed E-state index contributed by atoms with van der Waals surface area (Å²) in [6.07, 6.45) is 0.709. The van der Waals surface area contributed by atoms with Gasteiger partial charge < -0.3 is 10.6 Å². The Kier molecular flexibility index (Phi) is 4.03. The van der Waals surface area contributed by atoms with Gasteiger partial charge in [-0.15, -0.1) is 11.3 Å². The maximum Gasteiger partial charge on any atom is 0.256 e. The molecule has 126 valence electrons. The summed E-state index contributed by atoms with van der Waals surface area (Å²) < 4.78 is 0. The van der Waals surface area contributed by atoms with Gasteiger partial charge in [-0.25, -0.2) is 0 Å². The number of nitrogens with one attached hydrogen (secondary N) is 2. The second kappa shape index (κ2) is 6.06. The molecule has 0 bridgehead atoms. The number of fused-ring (bicyclic) bond motifs is 3. The number of thiophene rings is 1. The minimum Gasteiger partial charge on any atom is -0.353 e. The number of hydrogen-bond donors (Lipinski definition) is 2. The molecule has 1 aromatic heterocycles. The highest BCUT2D eigenvalue weighted by Crippen LogP contribution is 2.41. The summed E-state index contributed by atoms with van der Waals surface area (Å²) >= 11 is 7.80. The number of rotatable bonds is 2. The van der Waals surface area contributed by atoms with Crippen LogP contribution in [0.25, 0.3) is 0 Å². The predicted molar refractivity (Wildman–Crippen MR) is 98.9 cm³/mol. The topological polar surface area (TPSA) is 44.4 Å². The minimum atomic E-state index is -0.231. The molecule has 4 rings (SSSR count). The molecule has 1 amide bonds. The number of benzene rings is 1. The summed E-state index contributed by atoms with van der Waals surface area (Å²) in [5, 5.41) is 8.21. The first-order chi connectivity index (χ1) is 11.5. The van der Waals surface area contributed by atoms with Crippen molar-refractivity contribution >= 4 is 33.8 Å². The van der Waals surface area contributed by atoms with E-state index in [4.69, 9.17) is 11.6 Å². The van der Waals surface area contributed by atoms with Crippen LogP contribution in [0.2, 0.25) is 5.02 Å². The van der Waals surface area contributed by atoms with Crippen LogP contribution in [0.5, 0.6) is 0 Å². The molecule has 0 fully saturated rings. The van der Waals surface area contributed by atoms with Crippen LogP contribution in [0, 0.1) is 0 Å². The minimum absolute atomic E-state index is 0.0178. The molecule has 0 saturated heterocycles. The highest BCUT2D eigenvalue weighted by atomic mass is 35.5. The van der Waals surface area contributed by atoms with Gasteiger partial charge in [0.1, 0.15) is 11.2 Å². The third-order valence-electron chi connectivity index (χ3n) is 4.78. The quantitative estimate of drug-likeness (QED) is 0.849. The lowest BCUT2D eigenvalue weighted by Gasteiger charge is -2.31. The highest BCUT2D eigenvalue weighted by Gasteiger charge is 2.33. The maximum absolute atomic E-state index is 12.7. The molecule has 1 aromatic carbocycles. The Morgan fingerprint density at radius 2 is 2.17 bits per heavy atom. The van der Waals surface area contributed by atoms with Gasteiger partial charge in [0.15, 0.2) is 0 Å². The van der Waals surface area contributed by atoms with Crippen molar-refractivity contribution in [3.05, 3.63) is 50.9 Å². The number of carbonyl (C=O) groups excluding carboxylic acids is 1. The second-order valence-corrected chi connectivity index (χ2v) is 8.17. The zero-order valence-corrected chi connectivity index (χ0v) is 15.3. The Hall–Kier alpha value is -1.56. The van der Waals surface area contributed by atoms with E-state index in [0.717, 1.165) is 35.6 Å². The van der Waals surface area contributed by atoms with Crippen molar-refractivity contribution in [2.24, 2.45) is 0 Å². The first-order valence-corrected chi connectivity index (χ1v) is 9.44. The molecule has 3 heterocycles. The van der Waals surface area contributed by atoms with Crippen molar-refractivity contribution in [1.29, 1.82) is 0 Å². The number of hydrogen-bond acceptors (Lipinski definition) is 4. The first-order valence-electron chi connectivity index (χ1n) is 8.24. The van der Waals surface area contributed by atoms with Crippen molar-refractivity contribution in [2.45, 2.75) is 39.0 Å². The van der Waals surface area contributed by atoms with Crippen molar-refractivity contribution in [1.82, 2.24) is 10.2 Å². The summed E-state index contributed by atoms with van der Waals surface area (Å²) in [6.45, 7) is 6.39. The second-order valence-electron chi connectivity index (χ2n) is 6.63. The van der Waals surface area contributed by atoms with Gasteiger partial charge in [0.2, 0.25) is 0 Å². The van der Waals surface area contributed by atoms with Gasteiger partial charge in [0, 0.05) is 29.0 Å². The predicted octanol–water partition coefficient (Wildman–Crippen LogP) is 4.02. The molecule has 0 aliphatic carbocycles. The van der Waals surface area contributed by atoms with E-state index in [9.17, 15) is 4.79 Å². The summed E-state index contributed by atoms with van der Waals surface area (Å²) in [7, 11) is 0. The number of carbonyl (C=O) groups is 1. The van der Waals surface area contributed by atoms with E-state index in [2.05, 4.69) is 29.4 Å². The van der Waals surface area contributed by atoms with Gasteiger partial charge in [-0.1, -0.05) is 23.7 Å². The van der Waals surface area contributed by atoms with E-state index in [-0.39, 0.29) is 12.1 Å². The van der Waals surface area contributed by atoms with Crippen molar-refractivity contribution < 1.29 is 4.79 Å². The van der Waals surface area contributed by atoms with E-state index in [1.54, 1.807) is 11.3 Å². The van der Waals surface area contributed by atoms with Crippen molar-refractivity contribution in [3.63, 3.8) is 0 Å². The molecule has 2 aliphatic rings. The van der Waals surface area contributed by atoms with Crippen LogP contribution in [0.1, 0.15) is 46.4 Å². The van der Waals surface area contributed by atoms with Crippen LogP contribution in [0.3, 0.4) is 0 Å². The lowest BCUT2D eigenvalue weighted by molar-refractivity contribution is 0.0934. The number of nitrogens with zero attached hydrogens (tertiary/aromatic N) is 1. The average molecular weight is 362 g/mol. The average Bonchev–Trinajstić information content (AvgIpc) is 2.92. The van der Waals surface area contributed by atoms with Gasteiger partial charge in [0.05, 0.1) is 5.56 Å². The molecular formula is C18H20ClN3OS. The van der Waals surface area contributed by atoms with Crippen LogP contribution in [-0.4, -0.2) is 23.4 Å². The van der Waals surface area contributed by atoms with E-state index < -0.39 is 0 Å². The SMILES string of the molecule is CC(C)N1CCc2c(sc3c2C(=O)N[C@H](c2cccc(Cl)c2)N3)C1. The molecule has 2 aromatic rings. The van der Waals surface area contributed by atoms with E-state index >= 15 is 0 Å². The first kappa shape index (κ1) is 15.9. The van der Waals surface area contributed by atoms with Crippen LogP contribution < -0.4 is 10.6 Å². The van der Waals surface area contributed by atoms with E-state index in [1.807, 2.05) is 24.3 Å². The molecule has 0 spiro atoms. The number of anilines is 1. The van der Waals surface area contributed by atoms with Crippen LogP contribution >= 0.6 is 22.9 Å². The van der Waals surface area contributed by atoms with Gasteiger partial charge in [0.25, 0.3) is 5.91 Å². The molecule has 0 saturated carbocycles. The molecule has 4 nitrogen and oxygen atoms in total. The molecule has 0 unspecified atom stereocenters. The largest absolute Gasteiger partial charge is 0.353 e. The smallest absolute Gasteiger partial charge is 0.256 e. The van der Waals surface area contributed by atoms with Crippen molar-refractivity contribution in [3.8, 4) is 0 Å². The molecule has 24 heavy (non-hydrogen) atoms. The highest BCUT2D eigenvalue weighted by molar-refractivity contribution is 7.16. The Labute approximate surface area is 150 Å². The lowest BCUT2D eigenvalue weighted by Crippen LogP contribution is -2.39. The summed E-state index contributed by atoms with van der Waals surface area (Å²) in [6, 6.07) is 8.13. The maximum atomic E-state index is 12.7. The molecule has 2 N–H and O–H groups in total. The molecule has 0 radical (unpaired) electrons. The van der Waals surface area contributed by atoms with E-state index in [0.29, 0.717) is 11.1 Å². The zero-order valence-electron chi connectivity index (χ0n) is 13.7. The van der Waals surface area contributed by atoms with Crippen LogP contribution in [0.15, 0.2) is 24.3 Å². The Morgan fingerprint density at radius 3 is 2.92 bits per heavy atom. The fraction of sp³-hybridized carbons (Fsp3) is 0.389. The number of halogens is 1. The number of amides is 1. The zero-order chi connectivity index (χ0) is 16.8. The Morgan fingerprint density at radius 1 is 1.33 bits per heavy atom. The van der Waals surface area contributed by atoms with Crippen molar-refractivity contribution in [2.75, 3.05) is 11.9 Å². The molecule has 2 aliphatic heterocycles. The normalized spacial score (nSPS) is 20.3. The third-order valence-corrected chi connectivity index (χ3v) is 6.16. The van der Waals surface area contributed by atoms with Gasteiger partial charge >= 0.3 is 0 Å². The summed E-state index contributed by atoms with van der Waals surface area (Å²) in [5.74, 6) is 0.0178. The Bertz CT molecular complexity index is 802. The standard InChI is InChI=1S/C18H20ClN3OS/c1-10(2)22-7-6-13-14(9-22)24-18-15(13)17(23)20-16(21-18)11-4-3-5-12(19)8-11/h3-5,8,10,16,21H,6-7,9H2,1-2H3,(H,20,23)/t16-/m0/s1. The summed E-state index contributed by atoms with van der Waals surface area (Å²) in [5.41, 5.74) is 3.04. The van der Waals surface area contributed by atoms with Gasteiger partial charge in [-0.3, -0.25) is 9.69 Å². The fourth-order valence-corrected chi connectivity index (χ4v) is 4.93. The van der Waals surface area contributed by atoms with E-state index in [1.165, 1.54) is 10.4 Å². The third kappa shape index (κ3) is 2.70. The van der Waals surface area contributed by atoms with Crippen LogP contribution in [-0.2, 0) is 13.0 Å². The monoisotopic (exact) mass is 361 g/mol. The fourth-order valence-electron chi connectivity index (χ4n) is 3.43. The van der Waals surface area contributed by atoms with Gasteiger partial charge in [-0.2, -0.15) is 0 Å². The lowest BCUT2D eigenvalue weighted by atomic mass is 9.99.